The maximum Gasteiger partial charge on any atom is 0.252 e. The molecule has 0 aromatic heterocycles. The Morgan fingerprint density at radius 3 is 2.83 bits per heavy atom. The molecule has 1 aromatic carbocycles. The number of ether oxygens (including phenoxy) is 1. The molecule has 1 saturated heterocycles. The van der Waals surface area contributed by atoms with E-state index in [4.69, 9.17) is 4.74 Å². The zero-order valence-electron chi connectivity index (χ0n) is 13.6. The van der Waals surface area contributed by atoms with Crippen molar-refractivity contribution in [3.63, 3.8) is 0 Å². The largest absolute Gasteiger partial charge is 0.376 e. The first-order chi connectivity index (χ1) is 11.1. The summed E-state index contributed by atoms with van der Waals surface area (Å²) in [6, 6.07) is 7.48. The molecule has 0 saturated carbocycles. The first kappa shape index (κ1) is 17.8. The number of amides is 2. The summed E-state index contributed by atoms with van der Waals surface area (Å²) >= 11 is 1.38. The van der Waals surface area contributed by atoms with E-state index in [-0.39, 0.29) is 24.0 Å². The molecule has 23 heavy (non-hydrogen) atoms. The van der Waals surface area contributed by atoms with Gasteiger partial charge in [-0.05, 0) is 38.8 Å². The second-order valence-corrected chi connectivity index (χ2v) is 6.87. The first-order valence-corrected chi connectivity index (χ1v) is 8.96. The molecule has 0 spiro atoms. The lowest BCUT2D eigenvalue weighted by atomic mass is 10.2. The summed E-state index contributed by atoms with van der Waals surface area (Å²) in [7, 11) is 0. The number of hydrogen-bond donors (Lipinski definition) is 2. The average molecular weight is 336 g/mol. The van der Waals surface area contributed by atoms with Gasteiger partial charge in [0, 0.05) is 24.1 Å². The van der Waals surface area contributed by atoms with Gasteiger partial charge in [-0.15, -0.1) is 11.8 Å². The number of rotatable bonds is 7. The molecule has 0 aliphatic carbocycles. The minimum atomic E-state index is -0.118. The van der Waals surface area contributed by atoms with E-state index in [1.54, 1.807) is 6.07 Å². The van der Waals surface area contributed by atoms with Crippen LogP contribution in [0.1, 0.15) is 37.0 Å². The first-order valence-electron chi connectivity index (χ1n) is 7.97. The molecule has 1 fully saturated rings. The number of nitrogens with one attached hydrogen (secondary N) is 2. The van der Waals surface area contributed by atoms with Gasteiger partial charge in [0.15, 0.2) is 0 Å². The van der Waals surface area contributed by atoms with Gasteiger partial charge in [0.05, 0.1) is 17.4 Å². The van der Waals surface area contributed by atoms with Crippen molar-refractivity contribution in [3.05, 3.63) is 29.8 Å². The van der Waals surface area contributed by atoms with Gasteiger partial charge in [-0.2, -0.15) is 0 Å². The molecule has 2 N–H and O–H groups in total. The highest BCUT2D eigenvalue weighted by molar-refractivity contribution is 8.00. The summed E-state index contributed by atoms with van der Waals surface area (Å²) in [6.07, 6.45) is 2.17. The molecule has 126 valence electrons. The smallest absolute Gasteiger partial charge is 0.252 e. The maximum absolute atomic E-state index is 12.4. The van der Waals surface area contributed by atoms with Gasteiger partial charge in [-0.25, -0.2) is 0 Å². The van der Waals surface area contributed by atoms with Crippen molar-refractivity contribution in [2.24, 2.45) is 0 Å². The monoisotopic (exact) mass is 336 g/mol. The molecule has 1 aliphatic rings. The summed E-state index contributed by atoms with van der Waals surface area (Å²) in [5.41, 5.74) is 0.604. The van der Waals surface area contributed by atoms with Gasteiger partial charge in [-0.3, -0.25) is 9.59 Å². The van der Waals surface area contributed by atoms with E-state index in [0.29, 0.717) is 17.9 Å². The van der Waals surface area contributed by atoms with Gasteiger partial charge in [0.1, 0.15) is 0 Å². The van der Waals surface area contributed by atoms with Crippen molar-refractivity contribution in [1.82, 2.24) is 10.6 Å². The molecular formula is C17H24N2O3S. The van der Waals surface area contributed by atoms with Crippen LogP contribution in [0.4, 0.5) is 0 Å². The molecule has 1 aromatic rings. The molecule has 0 bridgehead atoms. The summed E-state index contributed by atoms with van der Waals surface area (Å²) in [5.74, 6) is 0.154. The Morgan fingerprint density at radius 2 is 2.13 bits per heavy atom. The van der Waals surface area contributed by atoms with Crippen LogP contribution in [0.5, 0.6) is 0 Å². The molecule has 6 heteroatoms. The fraction of sp³-hybridized carbons (Fsp3) is 0.529. The quantitative estimate of drug-likeness (QED) is 0.749. The third-order valence-corrected chi connectivity index (χ3v) is 4.53. The van der Waals surface area contributed by atoms with Gasteiger partial charge in [0.2, 0.25) is 5.91 Å². The van der Waals surface area contributed by atoms with Crippen molar-refractivity contribution < 1.29 is 14.3 Å². The summed E-state index contributed by atoms with van der Waals surface area (Å²) in [6.45, 7) is 5.16. The Hall–Kier alpha value is -1.53. The van der Waals surface area contributed by atoms with E-state index in [2.05, 4.69) is 10.6 Å². The summed E-state index contributed by atoms with van der Waals surface area (Å²) < 4.78 is 5.51. The Balaban J connectivity index is 1.90. The summed E-state index contributed by atoms with van der Waals surface area (Å²) in [4.78, 5) is 24.9. The van der Waals surface area contributed by atoms with Crippen molar-refractivity contribution in [3.8, 4) is 0 Å². The highest BCUT2D eigenvalue weighted by Gasteiger charge is 2.18. The number of benzene rings is 1. The third kappa shape index (κ3) is 5.88. The lowest BCUT2D eigenvalue weighted by Gasteiger charge is -2.13. The minimum absolute atomic E-state index is 0.0282. The predicted molar refractivity (Wildman–Crippen MR) is 91.8 cm³/mol. The van der Waals surface area contributed by atoms with Crippen molar-refractivity contribution in [1.29, 1.82) is 0 Å². The van der Waals surface area contributed by atoms with E-state index in [1.165, 1.54) is 11.8 Å². The molecule has 2 rings (SSSR count). The van der Waals surface area contributed by atoms with Crippen LogP contribution in [0.25, 0.3) is 0 Å². The Bertz CT molecular complexity index is 542. The maximum atomic E-state index is 12.4. The lowest BCUT2D eigenvalue weighted by molar-refractivity contribution is -0.119. The zero-order chi connectivity index (χ0) is 16.7. The molecule has 1 heterocycles. The van der Waals surface area contributed by atoms with E-state index in [9.17, 15) is 9.59 Å². The van der Waals surface area contributed by atoms with Crippen molar-refractivity contribution in [2.45, 2.75) is 43.7 Å². The van der Waals surface area contributed by atoms with Gasteiger partial charge in [0.25, 0.3) is 5.91 Å². The SMILES string of the molecule is CC(C)NC(=O)CSc1ccccc1C(=O)NC[C@@H]1CCCO1. The van der Waals surface area contributed by atoms with Crippen LogP contribution >= 0.6 is 11.8 Å². The van der Waals surface area contributed by atoms with Crippen molar-refractivity contribution in [2.75, 3.05) is 18.9 Å². The molecule has 2 amide bonds. The fourth-order valence-corrected chi connectivity index (χ4v) is 3.26. The molecule has 0 radical (unpaired) electrons. The molecule has 0 unspecified atom stereocenters. The van der Waals surface area contributed by atoms with Gasteiger partial charge >= 0.3 is 0 Å². The van der Waals surface area contributed by atoms with Gasteiger partial charge in [-0.1, -0.05) is 12.1 Å². The lowest BCUT2D eigenvalue weighted by Crippen LogP contribution is -2.32. The van der Waals surface area contributed by atoms with Crippen LogP contribution in [-0.2, 0) is 9.53 Å². The Kier molecular flexibility index (Phi) is 6.92. The van der Waals surface area contributed by atoms with Crippen LogP contribution < -0.4 is 10.6 Å². The van der Waals surface area contributed by atoms with Crippen LogP contribution in [0.2, 0.25) is 0 Å². The summed E-state index contributed by atoms with van der Waals surface area (Å²) in [5, 5.41) is 5.77. The molecule has 1 aliphatic heterocycles. The zero-order valence-corrected chi connectivity index (χ0v) is 14.4. The van der Waals surface area contributed by atoms with E-state index in [1.807, 2.05) is 32.0 Å². The van der Waals surface area contributed by atoms with Crippen LogP contribution in [0.15, 0.2) is 29.2 Å². The average Bonchev–Trinajstić information content (AvgIpc) is 3.03. The van der Waals surface area contributed by atoms with E-state index >= 15 is 0 Å². The number of thioether (sulfide) groups is 1. The second-order valence-electron chi connectivity index (χ2n) is 5.85. The number of carbonyl (C=O) groups excluding carboxylic acids is 2. The predicted octanol–water partition coefficient (Wildman–Crippen LogP) is 2.21. The second kappa shape index (κ2) is 8.93. The highest BCUT2D eigenvalue weighted by Crippen LogP contribution is 2.22. The molecule has 1 atom stereocenters. The Morgan fingerprint density at radius 1 is 1.35 bits per heavy atom. The van der Waals surface area contributed by atoms with Crippen molar-refractivity contribution >= 4 is 23.6 Å². The standard InChI is InChI=1S/C17H24N2O3S/c1-12(2)19-16(20)11-23-15-8-4-3-7-14(15)17(21)18-10-13-6-5-9-22-13/h3-4,7-8,12-13H,5-6,9-11H2,1-2H3,(H,18,21)(H,19,20)/t13-/m0/s1. The molecular weight excluding hydrogens is 312 g/mol. The normalized spacial score (nSPS) is 17.3. The number of carbonyl (C=O) groups is 2. The highest BCUT2D eigenvalue weighted by atomic mass is 32.2. The minimum Gasteiger partial charge on any atom is -0.376 e. The van der Waals surface area contributed by atoms with Crippen LogP contribution in [0.3, 0.4) is 0 Å². The van der Waals surface area contributed by atoms with E-state index in [0.717, 1.165) is 24.3 Å². The topological polar surface area (TPSA) is 67.4 Å². The van der Waals surface area contributed by atoms with Crippen LogP contribution in [0, 0.1) is 0 Å². The van der Waals surface area contributed by atoms with E-state index < -0.39 is 0 Å². The third-order valence-electron chi connectivity index (χ3n) is 3.45. The molecule has 5 nitrogen and oxygen atoms in total. The fourth-order valence-electron chi connectivity index (χ4n) is 2.39. The Labute approximate surface area is 141 Å². The van der Waals surface area contributed by atoms with Crippen LogP contribution in [-0.4, -0.2) is 42.9 Å². The van der Waals surface area contributed by atoms with Gasteiger partial charge < -0.3 is 15.4 Å². The number of hydrogen-bond acceptors (Lipinski definition) is 4.